The van der Waals surface area contributed by atoms with Crippen LogP contribution in [0.5, 0.6) is 34.5 Å². The molecule has 3 aromatic rings. The lowest BCUT2D eigenvalue weighted by atomic mass is 10.1. The minimum Gasteiger partial charge on any atom is -0.493 e. The maximum atomic E-state index is 12.7. The van der Waals surface area contributed by atoms with Crippen molar-refractivity contribution >= 4 is 23.0 Å². The summed E-state index contributed by atoms with van der Waals surface area (Å²) in [6.45, 7) is 3.62. The predicted molar refractivity (Wildman–Crippen MR) is 154 cm³/mol. The molecule has 0 saturated carbocycles. The largest absolute Gasteiger partial charge is 0.493 e. The van der Waals surface area contributed by atoms with Crippen molar-refractivity contribution < 1.29 is 33.2 Å². The van der Waals surface area contributed by atoms with Gasteiger partial charge in [-0.3, -0.25) is 10.2 Å². The quantitative estimate of drug-likeness (QED) is 0.245. The van der Waals surface area contributed by atoms with Crippen LogP contribution in [0, 0.1) is 0 Å². The summed E-state index contributed by atoms with van der Waals surface area (Å²) in [5, 5.41) is 8.67. The number of hydrazone groups is 2. The summed E-state index contributed by atoms with van der Waals surface area (Å²) >= 11 is 0. The van der Waals surface area contributed by atoms with Crippen molar-refractivity contribution in [3.63, 3.8) is 0 Å². The van der Waals surface area contributed by atoms with E-state index in [-0.39, 0.29) is 5.91 Å². The molecule has 0 unspecified atom stereocenters. The van der Waals surface area contributed by atoms with E-state index in [1.165, 1.54) is 21.3 Å². The van der Waals surface area contributed by atoms with Crippen molar-refractivity contribution in [3.05, 3.63) is 65.2 Å². The highest BCUT2D eigenvalue weighted by Crippen LogP contribution is 2.39. The first-order valence-electron chi connectivity index (χ1n) is 12.2. The van der Waals surface area contributed by atoms with Gasteiger partial charge in [0, 0.05) is 16.7 Å². The third-order valence-electron chi connectivity index (χ3n) is 5.99. The third kappa shape index (κ3) is 6.73. The van der Waals surface area contributed by atoms with Gasteiger partial charge in [-0.1, -0.05) is 0 Å². The summed E-state index contributed by atoms with van der Waals surface area (Å²) in [6, 6.07) is 14.0. The molecule has 0 aliphatic heterocycles. The molecule has 0 aliphatic carbocycles. The van der Waals surface area contributed by atoms with E-state index in [9.17, 15) is 4.79 Å². The number of methoxy groups -OCH3 is 6. The number of nitrogens with zero attached hydrogens (tertiary/aromatic N) is 2. The summed E-state index contributed by atoms with van der Waals surface area (Å²) in [5.74, 6) is 2.66. The minimum atomic E-state index is -0.365. The molecule has 2 N–H and O–H groups in total. The van der Waals surface area contributed by atoms with Gasteiger partial charge in [0.2, 0.25) is 11.5 Å². The second-order valence-corrected chi connectivity index (χ2v) is 8.35. The standard InChI is InChI=1S/C29H34N4O7/c1-17(20-13-23(35-3)27(39-7)24(14-20)36-4)30-32-22-11-9-19(10-12-22)29(34)33-31-18(2)21-15-25(37-5)28(40-8)26(16-21)38-6/h9-16,32H,1-8H3,(H,33,34). The van der Waals surface area contributed by atoms with Crippen molar-refractivity contribution in [2.75, 3.05) is 48.1 Å². The van der Waals surface area contributed by atoms with Crippen molar-refractivity contribution in [2.45, 2.75) is 13.8 Å². The molecule has 0 aromatic heterocycles. The Morgan fingerprint density at radius 3 is 1.35 bits per heavy atom. The monoisotopic (exact) mass is 550 g/mol. The third-order valence-corrected chi connectivity index (χ3v) is 5.99. The van der Waals surface area contributed by atoms with Gasteiger partial charge in [-0.25, -0.2) is 5.43 Å². The smallest absolute Gasteiger partial charge is 0.271 e. The van der Waals surface area contributed by atoms with Crippen LogP contribution in [0.15, 0.2) is 58.7 Å². The lowest BCUT2D eigenvalue weighted by Crippen LogP contribution is -2.19. The first-order chi connectivity index (χ1) is 19.3. The highest BCUT2D eigenvalue weighted by Gasteiger charge is 2.16. The Bertz CT molecular complexity index is 1350. The first-order valence-corrected chi connectivity index (χ1v) is 12.2. The Labute approximate surface area is 233 Å². The van der Waals surface area contributed by atoms with E-state index in [4.69, 9.17) is 28.4 Å². The van der Waals surface area contributed by atoms with Crippen LogP contribution >= 0.6 is 0 Å². The second-order valence-electron chi connectivity index (χ2n) is 8.35. The molecule has 0 radical (unpaired) electrons. The Balaban J connectivity index is 1.70. The average Bonchev–Trinajstić information content (AvgIpc) is 3.00. The Morgan fingerprint density at radius 1 is 0.575 bits per heavy atom. The van der Waals surface area contributed by atoms with Gasteiger partial charge in [-0.05, 0) is 62.4 Å². The summed E-state index contributed by atoms with van der Waals surface area (Å²) in [7, 11) is 9.27. The van der Waals surface area contributed by atoms with Gasteiger partial charge in [0.25, 0.3) is 5.91 Å². The van der Waals surface area contributed by atoms with Gasteiger partial charge < -0.3 is 28.4 Å². The number of hydrogen-bond acceptors (Lipinski definition) is 10. The predicted octanol–water partition coefficient (Wildman–Crippen LogP) is 4.73. The summed E-state index contributed by atoms with van der Waals surface area (Å²) in [6.07, 6.45) is 0. The second kappa shape index (κ2) is 13.7. The topological polar surface area (TPSA) is 121 Å². The zero-order valence-corrected chi connectivity index (χ0v) is 23.9. The van der Waals surface area contributed by atoms with E-state index in [1.807, 2.05) is 19.1 Å². The molecule has 0 fully saturated rings. The van der Waals surface area contributed by atoms with Crippen LogP contribution < -0.4 is 39.3 Å². The van der Waals surface area contributed by atoms with Gasteiger partial charge in [-0.15, -0.1) is 0 Å². The number of amides is 1. The highest BCUT2D eigenvalue weighted by molar-refractivity contribution is 6.02. The fourth-order valence-electron chi connectivity index (χ4n) is 3.75. The van der Waals surface area contributed by atoms with E-state index in [1.54, 1.807) is 64.7 Å². The fourth-order valence-corrected chi connectivity index (χ4v) is 3.75. The first kappa shape index (κ1) is 29.6. The van der Waals surface area contributed by atoms with Gasteiger partial charge in [0.05, 0.1) is 59.8 Å². The van der Waals surface area contributed by atoms with Crippen LogP contribution in [0.2, 0.25) is 0 Å². The normalized spacial score (nSPS) is 11.4. The maximum Gasteiger partial charge on any atom is 0.271 e. The molecule has 0 aliphatic rings. The molecule has 0 atom stereocenters. The fraction of sp³-hybridized carbons (Fsp3) is 0.276. The molecule has 3 rings (SSSR count). The van der Waals surface area contributed by atoms with Crippen LogP contribution in [-0.2, 0) is 0 Å². The highest BCUT2D eigenvalue weighted by atomic mass is 16.5. The molecule has 11 nitrogen and oxygen atoms in total. The van der Waals surface area contributed by atoms with E-state index in [0.717, 1.165) is 5.56 Å². The van der Waals surface area contributed by atoms with E-state index >= 15 is 0 Å². The molecule has 40 heavy (non-hydrogen) atoms. The average molecular weight is 551 g/mol. The van der Waals surface area contributed by atoms with Crippen molar-refractivity contribution in [1.82, 2.24) is 5.43 Å². The zero-order chi connectivity index (χ0) is 29.2. The van der Waals surface area contributed by atoms with E-state index < -0.39 is 0 Å². The molecule has 212 valence electrons. The van der Waals surface area contributed by atoms with Crippen LogP contribution in [0.3, 0.4) is 0 Å². The molecular weight excluding hydrogens is 516 g/mol. The summed E-state index contributed by atoms with van der Waals surface area (Å²) in [4.78, 5) is 12.7. The number of rotatable bonds is 12. The van der Waals surface area contributed by atoms with Crippen molar-refractivity contribution in [1.29, 1.82) is 0 Å². The van der Waals surface area contributed by atoms with Crippen LogP contribution in [0.1, 0.15) is 35.3 Å². The minimum absolute atomic E-state index is 0.365. The molecular formula is C29H34N4O7. The molecule has 0 spiro atoms. The summed E-state index contributed by atoms with van der Waals surface area (Å²) < 4.78 is 32.3. The van der Waals surface area contributed by atoms with Crippen LogP contribution in [0.4, 0.5) is 5.69 Å². The Kier molecular flexibility index (Phi) is 10.2. The SMILES string of the molecule is COc1cc(C(C)=NNC(=O)c2ccc(NN=C(C)c3cc(OC)c(OC)c(OC)c3)cc2)cc(OC)c1OC. The summed E-state index contributed by atoms with van der Waals surface area (Å²) in [5.41, 5.74) is 9.44. The molecule has 0 bridgehead atoms. The van der Waals surface area contributed by atoms with Gasteiger partial charge in [-0.2, -0.15) is 10.2 Å². The molecule has 3 aromatic carbocycles. The number of benzene rings is 3. The number of nitrogens with one attached hydrogen (secondary N) is 2. The van der Waals surface area contributed by atoms with Gasteiger partial charge in [0.1, 0.15) is 0 Å². The van der Waals surface area contributed by atoms with E-state index in [2.05, 4.69) is 21.1 Å². The van der Waals surface area contributed by atoms with E-state index in [0.29, 0.717) is 62.7 Å². The van der Waals surface area contributed by atoms with Gasteiger partial charge >= 0.3 is 0 Å². The van der Waals surface area contributed by atoms with Gasteiger partial charge in [0.15, 0.2) is 23.0 Å². The number of carbonyl (C=O) groups is 1. The van der Waals surface area contributed by atoms with Crippen molar-refractivity contribution in [3.8, 4) is 34.5 Å². The molecule has 0 saturated heterocycles. The Morgan fingerprint density at radius 2 is 0.975 bits per heavy atom. The Hall–Kier alpha value is -4.93. The number of ether oxygens (including phenoxy) is 6. The number of hydrogen-bond donors (Lipinski definition) is 2. The molecule has 1 amide bonds. The van der Waals surface area contributed by atoms with Crippen molar-refractivity contribution in [2.24, 2.45) is 10.2 Å². The lowest BCUT2D eigenvalue weighted by molar-refractivity contribution is 0.0955. The molecule has 0 heterocycles. The maximum absolute atomic E-state index is 12.7. The number of anilines is 1. The number of carbonyl (C=O) groups excluding carboxylic acids is 1. The zero-order valence-electron chi connectivity index (χ0n) is 23.9. The lowest BCUT2D eigenvalue weighted by Gasteiger charge is -2.14. The molecule has 11 heteroatoms. The van der Waals surface area contributed by atoms with Crippen LogP contribution in [0.25, 0.3) is 0 Å². The van der Waals surface area contributed by atoms with Crippen LogP contribution in [-0.4, -0.2) is 60.0 Å².